The topological polar surface area (TPSA) is 187 Å². The minimum Gasteiger partial charge on any atom is -1.00 e. The molecule has 0 saturated carbocycles. The Morgan fingerprint density at radius 3 is 0.692 bits per heavy atom. The van der Waals surface area contributed by atoms with Gasteiger partial charge in [0.1, 0.15) is 0 Å². The van der Waals surface area contributed by atoms with Crippen LogP contribution in [0.25, 0.3) is 0 Å². The summed E-state index contributed by atoms with van der Waals surface area (Å²) in [5.74, 6) is 0. The second kappa shape index (κ2) is 11.4. The van der Waals surface area contributed by atoms with Crippen LogP contribution in [0.4, 0.5) is 0 Å². The Morgan fingerprint density at radius 1 is 0.692 bits per heavy atom. The van der Waals surface area contributed by atoms with E-state index < -0.39 is 15.6 Å². The van der Waals surface area contributed by atoms with Gasteiger partial charge in [0, 0.05) is 0 Å². The summed E-state index contributed by atoms with van der Waals surface area (Å²) in [6.07, 6.45) is 0. The molecule has 0 bridgehead atoms. The molecule has 8 N–H and O–H groups in total. The van der Waals surface area contributed by atoms with Crippen LogP contribution >= 0.6 is 15.6 Å². The Morgan fingerprint density at radius 2 is 0.692 bits per heavy atom. The fourth-order valence-corrected chi connectivity index (χ4v) is 0. The minimum atomic E-state index is -4.64. The largest absolute Gasteiger partial charge is 1.00 e. The van der Waals surface area contributed by atoms with Crippen molar-refractivity contribution < 1.29 is 84.5 Å². The summed E-state index contributed by atoms with van der Waals surface area (Å²) in [7, 11) is -9.28. The summed E-state index contributed by atoms with van der Waals surface area (Å²) in [4.78, 5) is 43.1. The van der Waals surface area contributed by atoms with Crippen LogP contribution < -0.4 is 37.7 Å². The van der Waals surface area contributed by atoms with E-state index in [-0.39, 0.29) is 46.1 Å². The number of hydrogen-bond donors (Lipinski definition) is 6. The van der Waals surface area contributed by atoms with Gasteiger partial charge in [-0.2, -0.15) is 0 Å². The van der Waals surface area contributed by atoms with Crippen LogP contribution in [0, 0.1) is 0 Å². The summed E-state index contributed by atoms with van der Waals surface area (Å²) in [5.41, 5.74) is 0. The van der Waals surface area contributed by atoms with Crippen LogP contribution in [0.1, 0.15) is 2.85 Å². The van der Waals surface area contributed by atoms with Gasteiger partial charge in [0.15, 0.2) is 0 Å². The zero-order chi connectivity index (χ0) is 9.00. The zero-order valence-electron chi connectivity index (χ0n) is 8.89. The average Bonchev–Trinajstić information content (AvgIpc) is 1.12. The molecule has 0 aliphatic carbocycles. The van der Waals surface area contributed by atoms with E-state index in [9.17, 15) is 0 Å². The van der Waals surface area contributed by atoms with Gasteiger partial charge in [0.05, 0.1) is 0 Å². The van der Waals surface area contributed by atoms with Crippen molar-refractivity contribution in [1.29, 1.82) is 0 Å². The molecule has 0 atom stereocenters. The van der Waals surface area contributed by atoms with Gasteiger partial charge < -0.3 is 37.7 Å². The van der Waals surface area contributed by atoms with Crippen molar-refractivity contribution in [3.8, 4) is 0 Å². The molecular formula is H10Li2O9P2. The molecule has 13 heteroatoms. The molecule has 0 aliphatic rings. The first-order valence-corrected chi connectivity index (χ1v) is 4.70. The summed E-state index contributed by atoms with van der Waals surface area (Å²) in [6, 6.07) is 0. The maximum absolute atomic E-state index is 8.88. The van der Waals surface area contributed by atoms with Crippen molar-refractivity contribution in [3.05, 3.63) is 0 Å². The Bertz CT molecular complexity index is 136. The quantitative estimate of drug-likeness (QED) is 0.174. The Kier molecular flexibility index (Phi) is 25.8. The van der Waals surface area contributed by atoms with Gasteiger partial charge in [-0.05, 0) is 0 Å². The van der Waals surface area contributed by atoms with Crippen LogP contribution in [-0.2, 0) is 9.13 Å². The van der Waals surface area contributed by atoms with Crippen LogP contribution in [0.15, 0.2) is 0 Å². The van der Waals surface area contributed by atoms with Crippen molar-refractivity contribution in [3.63, 3.8) is 0 Å². The van der Waals surface area contributed by atoms with Gasteiger partial charge in [-0.3, -0.25) is 0 Å². The van der Waals surface area contributed by atoms with E-state index in [2.05, 4.69) is 0 Å². The fraction of sp³-hybridized carbons (Fsp3) is 0. The Hall–Kier alpha value is 1.37. The van der Waals surface area contributed by atoms with Crippen LogP contribution in [0.2, 0.25) is 0 Å². The molecule has 0 rings (SSSR count). The molecule has 0 fully saturated rings. The second-order valence-corrected chi connectivity index (χ2v) is 3.08. The molecule has 0 heterocycles. The third-order valence-corrected chi connectivity index (χ3v) is 0. The first kappa shape index (κ1) is 29.3. The molecule has 0 saturated heterocycles. The van der Waals surface area contributed by atoms with Crippen LogP contribution in [0.5, 0.6) is 0 Å². The molecule has 0 aliphatic heterocycles. The number of hydrogen-bond acceptors (Lipinski definition) is 2. The first-order chi connectivity index (χ1) is 4.00. The van der Waals surface area contributed by atoms with Crippen molar-refractivity contribution in [1.82, 2.24) is 0 Å². The van der Waals surface area contributed by atoms with E-state index in [0.29, 0.717) is 0 Å². The third-order valence-electron chi connectivity index (χ3n) is 0. The normalized spacial score (nSPS) is 9.08. The average molecular weight is 230 g/mol. The molecule has 0 unspecified atom stereocenters. The van der Waals surface area contributed by atoms with Crippen molar-refractivity contribution in [2.24, 2.45) is 0 Å². The molecule has 0 aromatic carbocycles. The summed E-state index contributed by atoms with van der Waals surface area (Å²) >= 11 is 0. The van der Waals surface area contributed by atoms with Gasteiger partial charge in [-0.25, -0.2) is 9.13 Å². The molecule has 0 aromatic rings. The third kappa shape index (κ3) is 916. The SMILES string of the molecule is O.O=P(O)(O)O.O=P(O)(O)O.[H-].[H-].[Li+].[Li+]. The van der Waals surface area contributed by atoms with E-state index in [0.717, 1.165) is 0 Å². The summed E-state index contributed by atoms with van der Waals surface area (Å²) in [5, 5.41) is 0. The number of rotatable bonds is 0. The van der Waals surface area contributed by atoms with Crippen LogP contribution in [-0.4, -0.2) is 34.8 Å². The molecule has 0 aromatic heterocycles. The Labute approximate surface area is 100 Å². The second-order valence-electron chi connectivity index (χ2n) is 1.03. The molecular weight excluding hydrogens is 220 g/mol. The standard InChI is InChI=1S/2Li.2H3O4P.H2O.2H/c;;2*1-5(2,3)4;;;/h;;2*(H3,1,2,3,4);1H2;;/q2*+1;;;;2*-1. The van der Waals surface area contributed by atoms with Gasteiger partial charge >= 0.3 is 53.4 Å². The van der Waals surface area contributed by atoms with Crippen LogP contribution in [0.3, 0.4) is 0 Å². The van der Waals surface area contributed by atoms with Gasteiger partial charge in [0.25, 0.3) is 0 Å². The zero-order valence-corrected chi connectivity index (χ0v) is 8.68. The van der Waals surface area contributed by atoms with Crippen molar-refractivity contribution in [2.45, 2.75) is 0 Å². The van der Waals surface area contributed by atoms with E-state index in [1.165, 1.54) is 0 Å². The van der Waals surface area contributed by atoms with E-state index in [4.69, 9.17) is 38.5 Å². The van der Waals surface area contributed by atoms with E-state index in [1.807, 2.05) is 0 Å². The molecule has 13 heavy (non-hydrogen) atoms. The minimum absolute atomic E-state index is 0. The smallest absolute Gasteiger partial charge is 1.00 e. The number of phosphoric acid groups is 2. The molecule has 0 spiro atoms. The van der Waals surface area contributed by atoms with E-state index in [1.54, 1.807) is 0 Å². The van der Waals surface area contributed by atoms with Crippen molar-refractivity contribution >= 4 is 15.6 Å². The predicted molar refractivity (Wildman–Crippen MR) is 34.4 cm³/mol. The monoisotopic (exact) mass is 230 g/mol. The predicted octanol–water partition coefficient (Wildman–Crippen LogP) is -8.45. The maximum Gasteiger partial charge on any atom is 1.00 e. The molecule has 0 radical (unpaired) electrons. The maximum atomic E-state index is 8.88. The molecule has 76 valence electrons. The van der Waals surface area contributed by atoms with Gasteiger partial charge in [0.2, 0.25) is 0 Å². The van der Waals surface area contributed by atoms with Gasteiger partial charge in [-0.1, -0.05) is 0 Å². The fourth-order valence-electron chi connectivity index (χ4n) is 0. The molecule has 0 amide bonds. The summed E-state index contributed by atoms with van der Waals surface area (Å²) < 4.78 is 17.8. The first-order valence-electron chi connectivity index (χ1n) is 1.57. The van der Waals surface area contributed by atoms with Gasteiger partial charge in [-0.15, -0.1) is 0 Å². The molecule has 9 nitrogen and oxygen atoms in total. The van der Waals surface area contributed by atoms with Crippen molar-refractivity contribution in [2.75, 3.05) is 0 Å². The Balaban J connectivity index is -0.0000000128. The summed E-state index contributed by atoms with van der Waals surface area (Å²) in [6.45, 7) is 0. The van der Waals surface area contributed by atoms with E-state index >= 15 is 0 Å².